The van der Waals surface area contributed by atoms with E-state index in [9.17, 15) is 14.7 Å². The normalized spacial score (nSPS) is 15.8. The number of esters is 1. The summed E-state index contributed by atoms with van der Waals surface area (Å²) in [4.78, 5) is 25.6. The maximum Gasteiger partial charge on any atom is 0.331 e. The van der Waals surface area contributed by atoms with E-state index in [4.69, 9.17) is 14.2 Å². The lowest BCUT2D eigenvalue weighted by atomic mass is 9.99. The molecule has 1 aliphatic heterocycles. The van der Waals surface area contributed by atoms with Gasteiger partial charge in [-0.1, -0.05) is 31.5 Å². The fourth-order valence-electron chi connectivity index (χ4n) is 4.08. The molecule has 7 nitrogen and oxygen atoms in total. The summed E-state index contributed by atoms with van der Waals surface area (Å²) in [5, 5.41) is 9.43. The molecule has 0 spiro atoms. The Morgan fingerprint density at radius 1 is 1.09 bits per heavy atom. The van der Waals surface area contributed by atoms with Crippen molar-refractivity contribution in [2.45, 2.75) is 33.1 Å². The molecule has 1 unspecified atom stereocenters. The maximum atomic E-state index is 12.0. The smallest absolute Gasteiger partial charge is 0.331 e. The molecular formula is C28H35NO6. The number of carbonyl (C=O) groups is 2. The third kappa shape index (κ3) is 7.33. The van der Waals surface area contributed by atoms with E-state index in [0.717, 1.165) is 47.6 Å². The van der Waals surface area contributed by atoms with Crippen molar-refractivity contribution < 1.29 is 28.9 Å². The van der Waals surface area contributed by atoms with E-state index in [0.29, 0.717) is 32.7 Å². The second kappa shape index (κ2) is 13.0. The lowest BCUT2D eigenvalue weighted by Gasteiger charge is -2.22. The molecule has 1 saturated heterocycles. The fourth-order valence-corrected chi connectivity index (χ4v) is 4.08. The van der Waals surface area contributed by atoms with Crippen LogP contribution in [0.5, 0.6) is 5.75 Å². The summed E-state index contributed by atoms with van der Waals surface area (Å²) in [5.74, 6) is -0.577. The first kappa shape index (κ1) is 26.3. The summed E-state index contributed by atoms with van der Waals surface area (Å²) in [7, 11) is 1.40. The van der Waals surface area contributed by atoms with E-state index >= 15 is 0 Å². The van der Waals surface area contributed by atoms with Crippen molar-refractivity contribution in [2.24, 2.45) is 5.92 Å². The fraction of sp³-hybridized carbons (Fsp3) is 0.429. The van der Waals surface area contributed by atoms with Gasteiger partial charge in [0.2, 0.25) is 0 Å². The molecule has 0 amide bonds. The molecule has 0 radical (unpaired) electrons. The number of aliphatic carboxylic acids is 1. The zero-order chi connectivity index (χ0) is 25.2. The highest BCUT2D eigenvalue weighted by molar-refractivity contribution is 5.93. The minimum Gasteiger partial charge on any atom is -0.491 e. The summed E-state index contributed by atoms with van der Waals surface area (Å²) in [6, 6.07) is 13.8. The average Bonchev–Trinajstić information content (AvgIpc) is 3.36. The number of unbranched alkanes of at least 4 members (excludes halogenated alkanes) is 1. The third-order valence-electron chi connectivity index (χ3n) is 6.13. The highest BCUT2D eigenvalue weighted by Gasteiger charge is 2.30. The molecule has 35 heavy (non-hydrogen) atoms. The van der Waals surface area contributed by atoms with Crippen molar-refractivity contribution in [2.75, 3.05) is 44.9 Å². The highest BCUT2D eigenvalue weighted by Crippen LogP contribution is 2.33. The number of hydrogen-bond acceptors (Lipinski definition) is 6. The standard InChI is InChI=1S/C28H35NO6/c1-4-5-14-34-15-16-35-25-9-6-21(7-10-25)22-8-11-26(24(18-22)17-20(2)27(30)31)29-13-12-23(19-29)28(32)33-3/h6-11,17-18,23H,4-5,12-16,19H2,1-3H3,(H,30,31). The van der Waals surface area contributed by atoms with Crippen molar-refractivity contribution >= 4 is 23.7 Å². The molecule has 0 aliphatic carbocycles. The molecule has 0 bridgehead atoms. The van der Waals surface area contributed by atoms with Crippen LogP contribution in [-0.4, -0.2) is 57.1 Å². The van der Waals surface area contributed by atoms with Crippen LogP contribution in [0.15, 0.2) is 48.0 Å². The van der Waals surface area contributed by atoms with Gasteiger partial charge >= 0.3 is 11.9 Å². The van der Waals surface area contributed by atoms with E-state index in [1.165, 1.54) is 7.11 Å². The van der Waals surface area contributed by atoms with Gasteiger partial charge in [-0.15, -0.1) is 0 Å². The molecule has 0 aromatic heterocycles. The molecule has 188 valence electrons. The second-order valence-corrected chi connectivity index (χ2v) is 8.70. The molecule has 2 aromatic carbocycles. The van der Waals surface area contributed by atoms with Crippen molar-refractivity contribution in [1.29, 1.82) is 0 Å². The summed E-state index contributed by atoms with van der Waals surface area (Å²) in [6.07, 6.45) is 4.56. The third-order valence-corrected chi connectivity index (χ3v) is 6.13. The number of anilines is 1. The number of carboxylic acid groups (broad SMARTS) is 1. The van der Waals surface area contributed by atoms with Crippen LogP contribution in [0.3, 0.4) is 0 Å². The molecule has 2 aromatic rings. The Morgan fingerprint density at radius 2 is 1.83 bits per heavy atom. The molecule has 7 heteroatoms. The number of benzene rings is 2. The number of nitrogens with zero attached hydrogens (tertiary/aromatic N) is 1. The monoisotopic (exact) mass is 481 g/mol. The number of carbonyl (C=O) groups excluding carboxylic acids is 1. The Morgan fingerprint density at radius 3 is 2.51 bits per heavy atom. The summed E-state index contributed by atoms with van der Waals surface area (Å²) in [5.41, 5.74) is 3.93. The van der Waals surface area contributed by atoms with Crippen LogP contribution in [0.1, 0.15) is 38.7 Å². The summed E-state index contributed by atoms with van der Waals surface area (Å²) >= 11 is 0. The van der Waals surface area contributed by atoms with E-state index in [1.54, 1.807) is 13.0 Å². The molecule has 3 rings (SSSR count). The summed E-state index contributed by atoms with van der Waals surface area (Å²) in [6.45, 7) is 6.80. The number of ether oxygens (including phenoxy) is 3. The van der Waals surface area contributed by atoms with Gasteiger partial charge in [0.25, 0.3) is 0 Å². The predicted molar refractivity (Wildman–Crippen MR) is 137 cm³/mol. The SMILES string of the molecule is CCCCOCCOc1ccc(-c2ccc(N3CCC(C(=O)OC)C3)c(C=C(C)C(=O)O)c2)cc1. The molecule has 1 N–H and O–H groups in total. The van der Waals surface area contributed by atoms with Crippen LogP contribution in [0, 0.1) is 5.92 Å². The Balaban J connectivity index is 1.76. The van der Waals surface area contributed by atoms with Crippen molar-refractivity contribution in [1.82, 2.24) is 0 Å². The Labute approximate surface area is 207 Å². The Bertz CT molecular complexity index is 1030. The van der Waals surface area contributed by atoms with Crippen molar-refractivity contribution in [3.63, 3.8) is 0 Å². The minimum atomic E-state index is -0.963. The largest absolute Gasteiger partial charge is 0.491 e. The number of methoxy groups -OCH3 is 1. The Hall–Kier alpha value is -3.32. The van der Waals surface area contributed by atoms with Gasteiger partial charge in [-0.3, -0.25) is 4.79 Å². The van der Waals surface area contributed by atoms with Crippen LogP contribution in [0.4, 0.5) is 5.69 Å². The Kier molecular flexibility index (Phi) is 9.73. The molecular weight excluding hydrogens is 446 g/mol. The summed E-state index contributed by atoms with van der Waals surface area (Å²) < 4.78 is 16.2. The first-order chi connectivity index (χ1) is 16.9. The van der Waals surface area contributed by atoms with Gasteiger partial charge in [0.1, 0.15) is 12.4 Å². The minimum absolute atomic E-state index is 0.179. The predicted octanol–water partition coefficient (Wildman–Crippen LogP) is 5.04. The van der Waals surface area contributed by atoms with Crippen LogP contribution in [0.2, 0.25) is 0 Å². The van der Waals surface area contributed by atoms with E-state index in [-0.39, 0.29) is 17.5 Å². The van der Waals surface area contributed by atoms with E-state index in [2.05, 4.69) is 11.8 Å². The van der Waals surface area contributed by atoms with Gasteiger partial charge in [-0.05, 0) is 66.8 Å². The van der Waals surface area contributed by atoms with Crippen LogP contribution < -0.4 is 9.64 Å². The molecule has 0 saturated carbocycles. The topological polar surface area (TPSA) is 85.3 Å². The zero-order valence-electron chi connectivity index (χ0n) is 20.8. The van der Waals surface area contributed by atoms with Gasteiger partial charge < -0.3 is 24.2 Å². The first-order valence-electron chi connectivity index (χ1n) is 12.1. The van der Waals surface area contributed by atoms with Gasteiger partial charge in [0.15, 0.2) is 0 Å². The van der Waals surface area contributed by atoms with Crippen molar-refractivity contribution in [3.8, 4) is 16.9 Å². The van der Waals surface area contributed by atoms with Crippen LogP contribution in [-0.2, 0) is 19.1 Å². The van der Waals surface area contributed by atoms with Gasteiger partial charge in [-0.25, -0.2) is 4.79 Å². The molecule has 1 atom stereocenters. The number of rotatable bonds is 12. The number of carboxylic acids is 1. The second-order valence-electron chi connectivity index (χ2n) is 8.70. The lowest BCUT2D eigenvalue weighted by Crippen LogP contribution is -2.24. The number of hydrogen-bond donors (Lipinski definition) is 1. The maximum absolute atomic E-state index is 12.0. The molecule has 1 heterocycles. The van der Waals surface area contributed by atoms with E-state index < -0.39 is 5.97 Å². The lowest BCUT2D eigenvalue weighted by molar-refractivity contribution is -0.144. The molecule has 1 aliphatic rings. The van der Waals surface area contributed by atoms with Gasteiger partial charge in [-0.2, -0.15) is 0 Å². The van der Waals surface area contributed by atoms with Crippen LogP contribution >= 0.6 is 0 Å². The van der Waals surface area contributed by atoms with Crippen LogP contribution in [0.25, 0.3) is 17.2 Å². The van der Waals surface area contributed by atoms with E-state index in [1.807, 2.05) is 42.5 Å². The molecule has 1 fully saturated rings. The quantitative estimate of drug-likeness (QED) is 0.258. The zero-order valence-corrected chi connectivity index (χ0v) is 20.8. The van der Waals surface area contributed by atoms with Crippen molar-refractivity contribution in [3.05, 3.63) is 53.6 Å². The first-order valence-corrected chi connectivity index (χ1v) is 12.1. The van der Waals surface area contributed by atoms with Gasteiger partial charge in [0, 0.05) is 31.0 Å². The highest BCUT2D eigenvalue weighted by atomic mass is 16.5. The average molecular weight is 482 g/mol. The van der Waals surface area contributed by atoms with Gasteiger partial charge in [0.05, 0.1) is 19.6 Å².